The number of rotatable bonds is 5. The van der Waals surface area contributed by atoms with E-state index in [-0.39, 0.29) is 5.91 Å². The fraction of sp³-hybridized carbons (Fsp3) is 0.300. The molecule has 3 aromatic rings. The molecule has 2 aromatic heterocycles. The van der Waals surface area contributed by atoms with Crippen LogP contribution >= 0.6 is 0 Å². The van der Waals surface area contributed by atoms with Crippen LogP contribution in [0.4, 0.5) is 0 Å². The van der Waals surface area contributed by atoms with E-state index in [0.717, 1.165) is 41.2 Å². The Morgan fingerprint density at radius 3 is 2.70 bits per heavy atom. The average Bonchev–Trinajstić information content (AvgIpc) is 3.32. The molecule has 1 fully saturated rings. The summed E-state index contributed by atoms with van der Waals surface area (Å²) in [7, 11) is 0. The summed E-state index contributed by atoms with van der Waals surface area (Å²) in [5.41, 5.74) is 8.46. The lowest BCUT2D eigenvalue weighted by Gasteiger charge is -2.05. The van der Waals surface area contributed by atoms with Crippen molar-refractivity contribution in [1.82, 2.24) is 25.4 Å². The molecular weight excluding hydrogens is 340 g/mol. The van der Waals surface area contributed by atoms with Crippen molar-refractivity contribution >= 4 is 11.6 Å². The fourth-order valence-electron chi connectivity index (χ4n) is 3.29. The Labute approximate surface area is 157 Å². The molecule has 2 heterocycles. The molecule has 27 heavy (non-hydrogen) atoms. The first-order valence-electron chi connectivity index (χ1n) is 9.06. The van der Waals surface area contributed by atoms with Crippen molar-refractivity contribution in [3.05, 3.63) is 64.7 Å². The SMILES string of the molecule is C/C(=N/NC(=O)c1cc(C2CC2)[nH]n1)c1c(C)nn(-c2ccccc2)c1C. The molecule has 2 N–H and O–H groups in total. The minimum absolute atomic E-state index is 0.316. The van der Waals surface area contributed by atoms with Crippen molar-refractivity contribution in [1.29, 1.82) is 0 Å². The highest BCUT2D eigenvalue weighted by atomic mass is 16.2. The Morgan fingerprint density at radius 1 is 1.26 bits per heavy atom. The molecule has 0 bridgehead atoms. The molecule has 0 spiro atoms. The van der Waals surface area contributed by atoms with E-state index in [1.807, 2.05) is 61.9 Å². The highest BCUT2D eigenvalue weighted by molar-refractivity contribution is 6.02. The maximum Gasteiger partial charge on any atom is 0.291 e. The topological polar surface area (TPSA) is 88.0 Å². The number of nitrogens with one attached hydrogen (secondary N) is 2. The number of amides is 1. The smallest absolute Gasteiger partial charge is 0.281 e. The second-order valence-electron chi connectivity index (χ2n) is 6.91. The first kappa shape index (κ1) is 17.2. The van der Waals surface area contributed by atoms with Crippen molar-refractivity contribution in [2.75, 3.05) is 0 Å². The molecule has 0 saturated heterocycles. The number of aromatic nitrogens is 4. The van der Waals surface area contributed by atoms with Gasteiger partial charge in [0.15, 0.2) is 5.69 Å². The summed E-state index contributed by atoms with van der Waals surface area (Å²) in [6.07, 6.45) is 2.31. The number of carbonyl (C=O) groups is 1. The van der Waals surface area contributed by atoms with E-state index in [9.17, 15) is 4.79 Å². The largest absolute Gasteiger partial charge is 0.291 e. The van der Waals surface area contributed by atoms with E-state index in [0.29, 0.717) is 17.3 Å². The Kier molecular flexibility index (Phi) is 4.35. The van der Waals surface area contributed by atoms with Crippen molar-refractivity contribution in [2.24, 2.45) is 5.10 Å². The summed E-state index contributed by atoms with van der Waals surface area (Å²) in [6.45, 7) is 5.81. The summed E-state index contributed by atoms with van der Waals surface area (Å²) in [4.78, 5) is 12.3. The lowest BCUT2D eigenvalue weighted by molar-refractivity contribution is 0.0950. The molecule has 0 atom stereocenters. The van der Waals surface area contributed by atoms with Gasteiger partial charge in [-0.1, -0.05) is 18.2 Å². The molecule has 0 unspecified atom stereocenters. The summed E-state index contributed by atoms with van der Waals surface area (Å²) >= 11 is 0. The van der Waals surface area contributed by atoms with E-state index in [1.165, 1.54) is 0 Å². The zero-order valence-electron chi connectivity index (χ0n) is 15.7. The highest BCUT2D eigenvalue weighted by Crippen LogP contribution is 2.38. The summed E-state index contributed by atoms with van der Waals surface area (Å²) in [5, 5.41) is 15.9. The number of aryl methyl sites for hydroxylation is 1. The Hall–Kier alpha value is -3.22. The zero-order chi connectivity index (χ0) is 19.0. The van der Waals surface area contributed by atoms with Crippen LogP contribution in [0.3, 0.4) is 0 Å². The van der Waals surface area contributed by atoms with Gasteiger partial charge in [0.1, 0.15) is 0 Å². The minimum atomic E-state index is -0.316. The van der Waals surface area contributed by atoms with Gasteiger partial charge in [-0.25, -0.2) is 10.1 Å². The molecule has 1 amide bonds. The van der Waals surface area contributed by atoms with E-state index in [2.05, 4.69) is 25.8 Å². The Bertz CT molecular complexity index is 1010. The molecule has 7 heteroatoms. The van der Waals surface area contributed by atoms with Gasteiger partial charge in [0.25, 0.3) is 5.91 Å². The summed E-state index contributed by atoms with van der Waals surface area (Å²) in [6, 6.07) is 11.8. The first-order chi connectivity index (χ1) is 13.0. The molecule has 0 radical (unpaired) electrons. The van der Waals surface area contributed by atoms with Crippen molar-refractivity contribution in [2.45, 2.75) is 39.5 Å². The van der Waals surface area contributed by atoms with Crippen LogP contribution in [0.5, 0.6) is 0 Å². The van der Waals surface area contributed by atoms with Crippen LogP contribution in [0.2, 0.25) is 0 Å². The van der Waals surface area contributed by atoms with Crippen LogP contribution in [-0.4, -0.2) is 31.6 Å². The molecule has 1 aliphatic carbocycles. The van der Waals surface area contributed by atoms with Gasteiger partial charge in [0.2, 0.25) is 0 Å². The third kappa shape index (κ3) is 3.40. The monoisotopic (exact) mass is 362 g/mol. The van der Waals surface area contributed by atoms with Gasteiger partial charge in [-0.05, 0) is 51.8 Å². The Morgan fingerprint density at radius 2 is 2.00 bits per heavy atom. The van der Waals surface area contributed by atoms with Crippen LogP contribution in [-0.2, 0) is 0 Å². The predicted octanol–water partition coefficient (Wildman–Crippen LogP) is 3.24. The number of hydrazone groups is 1. The fourth-order valence-corrected chi connectivity index (χ4v) is 3.29. The minimum Gasteiger partial charge on any atom is -0.281 e. The van der Waals surface area contributed by atoms with Crippen LogP contribution < -0.4 is 5.43 Å². The van der Waals surface area contributed by atoms with Crippen molar-refractivity contribution in [3.63, 3.8) is 0 Å². The summed E-state index contributed by atoms with van der Waals surface area (Å²) in [5.74, 6) is 0.210. The third-order valence-corrected chi connectivity index (χ3v) is 4.83. The molecule has 138 valence electrons. The zero-order valence-corrected chi connectivity index (χ0v) is 15.7. The van der Waals surface area contributed by atoms with Gasteiger partial charge >= 0.3 is 0 Å². The van der Waals surface area contributed by atoms with Gasteiger partial charge < -0.3 is 0 Å². The number of carbonyl (C=O) groups excluding carboxylic acids is 1. The molecule has 1 aliphatic rings. The van der Waals surface area contributed by atoms with Crippen LogP contribution in [0.25, 0.3) is 5.69 Å². The third-order valence-electron chi connectivity index (χ3n) is 4.83. The second kappa shape index (κ2) is 6.83. The van der Waals surface area contributed by atoms with Gasteiger partial charge in [-0.3, -0.25) is 9.89 Å². The number of benzene rings is 1. The normalized spacial score (nSPS) is 14.4. The van der Waals surface area contributed by atoms with Gasteiger partial charge in [-0.15, -0.1) is 0 Å². The van der Waals surface area contributed by atoms with Gasteiger partial charge in [0, 0.05) is 17.2 Å². The van der Waals surface area contributed by atoms with E-state index < -0.39 is 0 Å². The lowest BCUT2D eigenvalue weighted by atomic mass is 10.1. The number of hydrogen-bond donors (Lipinski definition) is 2. The Balaban J connectivity index is 1.54. The number of H-pyrrole nitrogens is 1. The number of nitrogens with zero attached hydrogens (tertiary/aromatic N) is 4. The van der Waals surface area contributed by atoms with E-state index in [4.69, 9.17) is 0 Å². The molecule has 7 nitrogen and oxygen atoms in total. The standard InChI is InChI=1S/C20H22N6O/c1-12(21-24-20(27)18-11-17(22-23-18)15-9-10-15)19-13(2)25-26(14(19)3)16-7-5-4-6-8-16/h4-8,11,15H,9-10H2,1-3H3,(H,22,23)(H,24,27)/b21-12-. The molecule has 1 aromatic carbocycles. The van der Waals surface area contributed by atoms with Crippen LogP contribution in [0.15, 0.2) is 41.5 Å². The lowest BCUT2D eigenvalue weighted by Crippen LogP contribution is -2.20. The van der Waals surface area contributed by atoms with E-state index in [1.54, 1.807) is 0 Å². The predicted molar refractivity (Wildman–Crippen MR) is 103 cm³/mol. The highest BCUT2D eigenvalue weighted by Gasteiger charge is 2.26. The van der Waals surface area contributed by atoms with Crippen molar-refractivity contribution in [3.8, 4) is 5.69 Å². The summed E-state index contributed by atoms with van der Waals surface area (Å²) < 4.78 is 1.89. The molecule has 4 rings (SSSR count). The number of para-hydroxylation sites is 1. The molecule has 0 aliphatic heterocycles. The average molecular weight is 362 g/mol. The maximum atomic E-state index is 12.3. The second-order valence-corrected chi connectivity index (χ2v) is 6.91. The molecule has 1 saturated carbocycles. The van der Waals surface area contributed by atoms with Crippen LogP contribution in [0.1, 0.15) is 58.8 Å². The number of hydrogen-bond acceptors (Lipinski definition) is 4. The van der Waals surface area contributed by atoms with Gasteiger partial charge in [0.05, 0.1) is 22.8 Å². The number of aromatic amines is 1. The molecular formula is C20H22N6O. The quantitative estimate of drug-likeness (QED) is 0.539. The van der Waals surface area contributed by atoms with Gasteiger partial charge in [-0.2, -0.15) is 15.3 Å². The van der Waals surface area contributed by atoms with E-state index >= 15 is 0 Å². The van der Waals surface area contributed by atoms with Crippen LogP contribution in [0, 0.1) is 13.8 Å². The maximum absolute atomic E-state index is 12.3. The van der Waals surface area contributed by atoms with Crippen molar-refractivity contribution < 1.29 is 4.79 Å². The first-order valence-corrected chi connectivity index (χ1v) is 9.06.